The largest absolute Gasteiger partial charge is 0.398 e. The van der Waals surface area contributed by atoms with Gasteiger partial charge in [0.1, 0.15) is 29.9 Å². The minimum absolute atomic E-state index is 0.147. The molecule has 0 spiro atoms. The van der Waals surface area contributed by atoms with Gasteiger partial charge in [-0.2, -0.15) is 5.10 Å². The molecule has 0 aliphatic carbocycles. The second-order valence-corrected chi connectivity index (χ2v) is 13.1. The fourth-order valence-electron chi connectivity index (χ4n) is 4.47. The van der Waals surface area contributed by atoms with Crippen molar-refractivity contribution in [2.45, 2.75) is 38.5 Å². The van der Waals surface area contributed by atoms with E-state index in [9.17, 15) is 4.57 Å². The molecular weight excluding hydrogens is 506 g/mol. The summed E-state index contributed by atoms with van der Waals surface area (Å²) in [6.45, 7) is 4.74. The van der Waals surface area contributed by atoms with Gasteiger partial charge >= 0.3 is 0 Å². The summed E-state index contributed by atoms with van der Waals surface area (Å²) in [5.41, 5.74) is 9.54. The molecule has 1 fully saturated rings. The highest BCUT2D eigenvalue weighted by Gasteiger charge is 2.24. The van der Waals surface area contributed by atoms with Crippen LogP contribution in [0.2, 0.25) is 10.2 Å². The molecule has 0 bridgehead atoms. The Morgan fingerprint density at radius 2 is 2.00 bits per heavy atom. The molecule has 0 saturated carbocycles. The Balaban J connectivity index is 1.43. The molecule has 4 heterocycles. The van der Waals surface area contributed by atoms with Crippen LogP contribution in [0.25, 0.3) is 22.4 Å². The average Bonchev–Trinajstić information content (AvgIpc) is 3.43. The fraction of sp³-hybridized carbons (Fsp3) is 0.375. The van der Waals surface area contributed by atoms with E-state index >= 15 is 0 Å². The number of anilines is 1. The highest BCUT2D eigenvalue weighted by atomic mass is 35.5. The molecule has 1 atom stereocenters. The molecule has 1 unspecified atom stereocenters. The molecular formula is C24H27Cl2N6O2P. The van der Waals surface area contributed by atoms with E-state index in [1.165, 1.54) is 0 Å². The normalized spacial score (nSPS) is 16.7. The Bertz CT molecular complexity index is 1440. The SMILES string of the molecule is CP(C)(=O)c1cc(-c2ccn(CCc3nc4c(Cl)cc(Cl)nc4n3C3CCCCO3)n2)ccc1N. The zero-order valence-electron chi connectivity index (χ0n) is 19.6. The maximum absolute atomic E-state index is 12.6. The number of nitrogens with zero attached hydrogens (tertiary/aromatic N) is 5. The maximum Gasteiger partial charge on any atom is 0.165 e. The number of imidazole rings is 1. The first-order valence-electron chi connectivity index (χ1n) is 11.5. The van der Waals surface area contributed by atoms with Gasteiger partial charge in [0.05, 0.1) is 10.7 Å². The smallest absolute Gasteiger partial charge is 0.165 e. The molecule has 1 aromatic carbocycles. The summed E-state index contributed by atoms with van der Waals surface area (Å²) in [7, 11) is -2.50. The first-order chi connectivity index (χ1) is 16.7. The second kappa shape index (κ2) is 9.58. The predicted octanol–water partition coefficient (Wildman–Crippen LogP) is 5.37. The lowest BCUT2D eigenvalue weighted by molar-refractivity contribution is -0.0314. The van der Waals surface area contributed by atoms with Gasteiger partial charge in [0.2, 0.25) is 0 Å². The number of fused-ring (bicyclic) bond motifs is 1. The molecule has 0 amide bonds. The number of nitrogens with two attached hydrogens (primary N) is 1. The summed E-state index contributed by atoms with van der Waals surface area (Å²) in [6, 6.07) is 9.12. The van der Waals surface area contributed by atoms with Crippen LogP contribution >= 0.6 is 30.3 Å². The molecule has 11 heteroatoms. The second-order valence-electron chi connectivity index (χ2n) is 9.16. The lowest BCUT2D eigenvalue weighted by Crippen LogP contribution is -2.21. The quantitative estimate of drug-likeness (QED) is 0.203. The van der Waals surface area contributed by atoms with Crippen LogP contribution in [0.3, 0.4) is 0 Å². The Hall–Kier alpha value is -2.38. The Morgan fingerprint density at radius 1 is 1.17 bits per heavy atom. The monoisotopic (exact) mass is 532 g/mol. The van der Waals surface area contributed by atoms with Crippen molar-refractivity contribution in [3.05, 3.63) is 52.5 Å². The average molecular weight is 533 g/mol. The van der Waals surface area contributed by atoms with E-state index in [0.717, 1.165) is 36.3 Å². The van der Waals surface area contributed by atoms with Gasteiger partial charge in [-0.15, -0.1) is 0 Å². The van der Waals surface area contributed by atoms with Crippen molar-refractivity contribution in [1.82, 2.24) is 24.3 Å². The standard InChI is InChI=1S/C24H27Cl2N6O2P/c1-35(2,33)19-13-15(6-7-17(19)27)18-8-10-31(30-18)11-9-21-29-23-16(25)14-20(26)28-24(23)32(21)22-5-3-4-12-34-22/h6-8,10,13-14,22H,3-5,9,11-12,27H2,1-2H3. The zero-order valence-corrected chi connectivity index (χ0v) is 22.0. The molecule has 184 valence electrons. The first kappa shape index (κ1) is 24.3. The molecule has 0 radical (unpaired) electrons. The van der Waals surface area contributed by atoms with E-state index in [1.54, 1.807) is 25.5 Å². The summed E-state index contributed by atoms with van der Waals surface area (Å²) in [5.74, 6) is 0.827. The summed E-state index contributed by atoms with van der Waals surface area (Å²) in [4.78, 5) is 9.31. The van der Waals surface area contributed by atoms with E-state index in [2.05, 4.69) is 4.98 Å². The number of benzene rings is 1. The van der Waals surface area contributed by atoms with Crippen LogP contribution in [0.1, 0.15) is 31.3 Å². The third-order valence-electron chi connectivity index (χ3n) is 6.20. The highest BCUT2D eigenvalue weighted by molar-refractivity contribution is 7.70. The molecule has 2 N–H and O–H groups in total. The van der Waals surface area contributed by atoms with Crippen molar-refractivity contribution in [2.24, 2.45) is 0 Å². The summed E-state index contributed by atoms with van der Waals surface area (Å²) < 4.78 is 22.6. The number of hydrogen-bond donors (Lipinski definition) is 1. The Labute approximate surface area is 213 Å². The molecule has 35 heavy (non-hydrogen) atoms. The van der Waals surface area contributed by atoms with Crippen LogP contribution in [0.5, 0.6) is 0 Å². The van der Waals surface area contributed by atoms with Crippen LogP contribution in [0.15, 0.2) is 36.5 Å². The number of rotatable bonds is 6. The molecule has 1 aliphatic heterocycles. The van der Waals surface area contributed by atoms with Crippen LogP contribution < -0.4 is 11.0 Å². The predicted molar refractivity (Wildman–Crippen MR) is 141 cm³/mol. The number of nitrogen functional groups attached to an aromatic ring is 1. The topological polar surface area (TPSA) is 101 Å². The van der Waals surface area contributed by atoms with E-state index in [-0.39, 0.29) is 6.23 Å². The summed E-state index contributed by atoms with van der Waals surface area (Å²) >= 11 is 12.7. The Morgan fingerprint density at radius 3 is 2.74 bits per heavy atom. The van der Waals surface area contributed by atoms with Crippen LogP contribution in [-0.4, -0.2) is 44.3 Å². The van der Waals surface area contributed by atoms with Crippen molar-refractivity contribution < 1.29 is 9.30 Å². The lowest BCUT2D eigenvalue weighted by Gasteiger charge is -2.25. The number of ether oxygens (including phenoxy) is 1. The van der Waals surface area contributed by atoms with E-state index in [4.69, 9.17) is 43.8 Å². The molecule has 1 saturated heterocycles. The van der Waals surface area contributed by atoms with Gasteiger partial charge in [-0.05, 0) is 56.9 Å². The van der Waals surface area contributed by atoms with E-state index in [1.807, 2.05) is 33.6 Å². The van der Waals surface area contributed by atoms with Crippen molar-refractivity contribution in [2.75, 3.05) is 25.7 Å². The van der Waals surface area contributed by atoms with Gasteiger partial charge in [0.25, 0.3) is 0 Å². The number of aromatic nitrogens is 5. The summed E-state index contributed by atoms with van der Waals surface area (Å²) in [6.07, 6.45) is 5.39. The minimum Gasteiger partial charge on any atom is -0.398 e. The third kappa shape index (κ3) is 4.98. The van der Waals surface area contributed by atoms with Crippen LogP contribution in [0.4, 0.5) is 5.69 Å². The van der Waals surface area contributed by atoms with Gasteiger partial charge in [0, 0.05) is 42.3 Å². The third-order valence-corrected chi connectivity index (χ3v) is 8.23. The first-order valence-corrected chi connectivity index (χ1v) is 14.9. The van der Waals surface area contributed by atoms with Crippen molar-refractivity contribution in [3.8, 4) is 11.3 Å². The number of halogens is 2. The molecule has 5 rings (SSSR count). The molecule has 3 aromatic heterocycles. The zero-order chi connectivity index (χ0) is 24.7. The maximum atomic E-state index is 12.6. The van der Waals surface area contributed by atoms with Gasteiger partial charge in [-0.3, -0.25) is 9.25 Å². The van der Waals surface area contributed by atoms with Crippen LogP contribution in [-0.2, 0) is 22.3 Å². The number of hydrogen-bond acceptors (Lipinski definition) is 6. The van der Waals surface area contributed by atoms with Crippen LogP contribution in [0, 0.1) is 0 Å². The minimum atomic E-state index is -2.50. The lowest BCUT2D eigenvalue weighted by atomic mass is 10.1. The van der Waals surface area contributed by atoms with Crippen molar-refractivity contribution >= 4 is 52.5 Å². The molecule has 4 aromatic rings. The highest BCUT2D eigenvalue weighted by Crippen LogP contribution is 2.38. The fourth-order valence-corrected chi connectivity index (χ4v) is 6.09. The van der Waals surface area contributed by atoms with Crippen molar-refractivity contribution in [1.29, 1.82) is 0 Å². The molecule has 8 nitrogen and oxygen atoms in total. The number of aryl methyl sites for hydroxylation is 2. The number of pyridine rings is 1. The van der Waals surface area contributed by atoms with Crippen molar-refractivity contribution in [3.63, 3.8) is 0 Å². The Kier molecular flexibility index (Phi) is 6.66. The summed E-state index contributed by atoms with van der Waals surface area (Å²) in [5, 5.41) is 6.21. The van der Waals surface area contributed by atoms with E-state index in [0.29, 0.717) is 51.9 Å². The van der Waals surface area contributed by atoms with Gasteiger partial charge in [-0.25, -0.2) is 9.97 Å². The van der Waals surface area contributed by atoms with Gasteiger partial charge in [0.15, 0.2) is 5.65 Å². The molecule has 1 aliphatic rings. The van der Waals surface area contributed by atoms with Gasteiger partial charge < -0.3 is 15.0 Å². The van der Waals surface area contributed by atoms with E-state index < -0.39 is 7.14 Å². The van der Waals surface area contributed by atoms with Gasteiger partial charge in [-0.1, -0.05) is 29.3 Å².